The summed E-state index contributed by atoms with van der Waals surface area (Å²) in [6, 6.07) is 2.03. The number of hydrogen-bond acceptors (Lipinski definition) is 16. The van der Waals surface area contributed by atoms with Gasteiger partial charge in [0.2, 0.25) is 0 Å². The maximum absolute atomic E-state index is 10.9. The highest BCUT2D eigenvalue weighted by atomic mass is 32.2. The maximum atomic E-state index is 10.9. The van der Waals surface area contributed by atoms with E-state index in [9.17, 15) is 55.1 Å². The van der Waals surface area contributed by atoms with Crippen LogP contribution in [0.1, 0.15) is 224 Å². The maximum Gasteiger partial charge on any atom is 0.270 e. The van der Waals surface area contributed by atoms with E-state index in [-0.39, 0.29) is 40.7 Å². The van der Waals surface area contributed by atoms with Crippen LogP contribution in [0.15, 0.2) is 0 Å². The molecule has 0 rings (SSSR count). The molecule has 30 heteroatoms. The van der Waals surface area contributed by atoms with Crippen LogP contribution in [-0.4, -0.2) is 269 Å². The summed E-state index contributed by atoms with van der Waals surface area (Å²) < 4.78 is 185. The largest absolute Gasteiger partial charge is 0.747 e. The topological polar surface area (TPSA) is 339 Å². The lowest BCUT2D eigenvalue weighted by Gasteiger charge is -2.42. The molecule has 0 aromatic carbocycles. The van der Waals surface area contributed by atoms with Crippen LogP contribution in [0.3, 0.4) is 0 Å². The molecule has 0 aromatic rings. The molecule has 0 heterocycles. The van der Waals surface area contributed by atoms with Gasteiger partial charge in [-0.05, 0) is 197 Å². The molecule has 0 aliphatic rings. The van der Waals surface area contributed by atoms with E-state index in [4.69, 9.17) is 22.8 Å². The van der Waals surface area contributed by atoms with Crippen molar-refractivity contribution in [3.05, 3.63) is 0 Å². The second-order valence-corrected chi connectivity index (χ2v) is 39.9. The zero-order valence-corrected chi connectivity index (χ0v) is 69.9. The lowest BCUT2D eigenvalue weighted by molar-refractivity contribution is -0.944. The van der Waals surface area contributed by atoms with E-state index in [0.29, 0.717) is 109 Å². The van der Waals surface area contributed by atoms with E-state index < -0.39 is 60.7 Å². The second kappa shape index (κ2) is 51.4. The summed E-state index contributed by atoms with van der Waals surface area (Å²) in [4.78, 5) is 6.03. The van der Waals surface area contributed by atoms with Crippen LogP contribution in [0.2, 0.25) is 0 Å². The summed E-state index contributed by atoms with van der Waals surface area (Å²) in [5.41, 5.74) is 0. The van der Waals surface area contributed by atoms with Crippen molar-refractivity contribution in [2.24, 2.45) is 35.5 Å². The molecule has 0 bridgehead atoms. The van der Waals surface area contributed by atoms with Crippen LogP contribution in [0.4, 0.5) is 0 Å². The average Bonchev–Trinajstić information content (AvgIpc) is 0.866. The molecule has 0 fully saturated rings. The van der Waals surface area contributed by atoms with Gasteiger partial charge in [0.1, 0.15) is 21.6 Å². The van der Waals surface area contributed by atoms with Crippen molar-refractivity contribution in [3.8, 4) is 0 Å². The van der Waals surface area contributed by atoms with Crippen molar-refractivity contribution < 1.29 is 91.3 Å². The SMILES string of the molecule is CC(C)CCN(CCCS(=O)(=O)O)C(C)C.CC(C)CCN(CCS(=O)(=O)O)C(C)C.CC(C)CCN(CS(=O)(=O)[O-])C(C)C.CC(C)CC[N+](C)(CCCS(=O)(=O)O)C(C)C.CC(C)CC[N+](C)(CCS(=O)(=O)O)C(C)C.CC[N+](CCC(C)C)(CCS(=O)(=O)O)C(C)C. The summed E-state index contributed by atoms with van der Waals surface area (Å²) in [5, 5.41) is 0. The van der Waals surface area contributed by atoms with Gasteiger partial charge in [0.25, 0.3) is 50.6 Å². The van der Waals surface area contributed by atoms with E-state index in [2.05, 4.69) is 169 Å². The van der Waals surface area contributed by atoms with E-state index in [0.717, 1.165) is 99.8 Å². The lowest BCUT2D eigenvalue weighted by Crippen LogP contribution is -2.55. The van der Waals surface area contributed by atoms with Crippen molar-refractivity contribution in [2.75, 3.05) is 127 Å². The van der Waals surface area contributed by atoms with Crippen LogP contribution in [0.5, 0.6) is 0 Å². The number of nitrogens with zero attached hydrogens (tertiary/aromatic N) is 6. The minimum absolute atomic E-state index is 0.0949. The molecule has 0 amide bonds. The molecule has 0 spiro atoms. The van der Waals surface area contributed by atoms with Gasteiger partial charge >= 0.3 is 0 Å². The molecule has 0 saturated carbocycles. The summed E-state index contributed by atoms with van der Waals surface area (Å²) in [5.74, 6) is 2.55. The Morgan fingerprint density at radius 2 is 0.600 bits per heavy atom. The predicted molar refractivity (Wildman–Crippen MR) is 396 cm³/mol. The van der Waals surface area contributed by atoms with Gasteiger partial charge in [0.05, 0.1) is 101 Å². The molecule has 0 aliphatic carbocycles. The fraction of sp³-hybridized carbons (Fsp3) is 1.00. The molecule has 0 saturated heterocycles. The van der Waals surface area contributed by atoms with Crippen molar-refractivity contribution in [3.63, 3.8) is 0 Å². The lowest BCUT2D eigenvalue weighted by atomic mass is 10.1. The van der Waals surface area contributed by atoms with E-state index in [1.54, 1.807) is 4.90 Å². The second-order valence-electron chi connectivity index (χ2n) is 30.7. The molecule has 95 heavy (non-hydrogen) atoms. The summed E-state index contributed by atoms with van der Waals surface area (Å²) in [7, 11) is -19.1. The van der Waals surface area contributed by atoms with E-state index in [1.807, 2.05) is 27.7 Å². The van der Waals surface area contributed by atoms with Crippen LogP contribution in [0, 0.1) is 35.5 Å². The summed E-state index contributed by atoms with van der Waals surface area (Å²) in [6.45, 7) is 62.0. The van der Waals surface area contributed by atoms with Crippen LogP contribution in [-0.2, 0) is 60.7 Å². The minimum atomic E-state index is -4.14. The van der Waals surface area contributed by atoms with Gasteiger partial charge in [-0.15, -0.1) is 0 Å². The Kier molecular flexibility index (Phi) is 56.9. The Hall–Kier alpha value is -0.780. The number of hydrogen-bond donors (Lipinski definition) is 5. The van der Waals surface area contributed by atoms with E-state index >= 15 is 0 Å². The molecule has 3 unspecified atom stereocenters. The Morgan fingerprint density at radius 3 is 0.874 bits per heavy atom. The molecule has 0 aliphatic heterocycles. The van der Waals surface area contributed by atoms with Gasteiger partial charge in [-0.2, -0.15) is 42.1 Å². The zero-order chi connectivity index (χ0) is 76.5. The number of quaternary nitrogens is 3. The quantitative estimate of drug-likeness (QED) is 0.0279. The summed E-state index contributed by atoms with van der Waals surface area (Å²) >= 11 is 0. The van der Waals surface area contributed by atoms with Gasteiger partial charge < -0.3 is 22.9 Å². The van der Waals surface area contributed by atoms with E-state index in [1.165, 1.54) is 0 Å². The predicted octanol–water partition coefficient (Wildman–Crippen LogP) is 11.0. The molecule has 5 N–H and O–H groups in total. The highest BCUT2D eigenvalue weighted by Gasteiger charge is 2.32. The van der Waals surface area contributed by atoms with Gasteiger partial charge in [-0.3, -0.25) is 32.6 Å². The van der Waals surface area contributed by atoms with Crippen molar-refractivity contribution in [2.45, 2.75) is 261 Å². The molecule has 0 aromatic heterocycles. The fourth-order valence-electron chi connectivity index (χ4n) is 9.30. The normalized spacial score (nSPS) is 14.9. The Bertz CT molecular complexity index is 2630. The highest BCUT2D eigenvalue weighted by molar-refractivity contribution is 7.86. The first-order chi connectivity index (χ1) is 42.4. The van der Waals surface area contributed by atoms with Crippen molar-refractivity contribution in [1.82, 2.24) is 14.7 Å². The Balaban J connectivity index is -0.000000250. The van der Waals surface area contributed by atoms with Crippen LogP contribution >= 0.6 is 0 Å². The molecular weight excluding hydrogens is 1350 g/mol. The van der Waals surface area contributed by atoms with Gasteiger partial charge in [0.15, 0.2) is 0 Å². The minimum Gasteiger partial charge on any atom is -0.747 e. The third kappa shape index (κ3) is 70.1. The standard InChI is InChI=1S/2C12H27NO3S.2C11H25NO3S.C10H23NO3S.C9H21NO3S/c1-11(2)7-9-13(5,12(3)4)8-6-10-17(14,15)16;1-6-13(12(4)5,8-7-11(2)3)9-10-17(14,15)16;1-10(2)6-7-12(5,11(3)4)8-9-16(13,14)15;1-10(2)6-8-12(11(3)4)7-5-9-16(13,14)15;1-9(2)5-6-11(10(3)4)7-8-15(12,13)14;1-8(2)5-6-10(9(3)4)7-14(11,12)13/h2*11-12H,6-10H2,1-5H3;10-11H,6-9H2,1-5H3;10-11H,5-9H2,1-4H3,(H,13,14,15);9-10H,5-8H2,1-4H3,(H,12,13,14);8-9H,5-7H2,1-4H3,(H,11,12,13)/p+2. The van der Waals surface area contributed by atoms with Crippen molar-refractivity contribution >= 4 is 60.7 Å². The smallest absolute Gasteiger partial charge is 0.270 e. The molecule has 0 radical (unpaired) electrons. The Labute approximate surface area is 586 Å². The molecule has 24 nitrogen and oxygen atoms in total. The average molecular weight is 1500 g/mol. The highest BCUT2D eigenvalue weighted by Crippen LogP contribution is 2.19. The zero-order valence-electron chi connectivity index (χ0n) is 65.0. The molecule has 3 atom stereocenters. The van der Waals surface area contributed by atoms with Crippen LogP contribution < -0.4 is 0 Å². The van der Waals surface area contributed by atoms with Gasteiger partial charge in [-0.1, -0.05) is 83.1 Å². The third-order valence-electron chi connectivity index (χ3n) is 17.5. The first-order valence-corrected chi connectivity index (χ1v) is 44.5. The van der Waals surface area contributed by atoms with Gasteiger partial charge in [-0.25, -0.2) is 8.42 Å². The molecular formula is C65H150N6O18S6+2. The van der Waals surface area contributed by atoms with Gasteiger partial charge in [0, 0.05) is 31.1 Å². The monoisotopic (exact) mass is 1490 g/mol. The Morgan fingerprint density at radius 1 is 0.316 bits per heavy atom. The number of rotatable bonds is 44. The first-order valence-electron chi connectivity index (χ1n) is 34.9. The third-order valence-corrected chi connectivity index (χ3v) is 21.9. The van der Waals surface area contributed by atoms with Crippen LogP contribution in [0.25, 0.3) is 0 Å². The fourth-order valence-corrected chi connectivity index (χ4v) is 12.8. The first kappa shape index (κ1) is 105. The summed E-state index contributed by atoms with van der Waals surface area (Å²) in [6.07, 6.45) is 7.38. The van der Waals surface area contributed by atoms with Crippen molar-refractivity contribution in [1.29, 1.82) is 0 Å². The molecule has 582 valence electrons.